The molecule has 0 saturated carbocycles. The predicted octanol–water partition coefficient (Wildman–Crippen LogP) is 0.982. The van der Waals surface area contributed by atoms with Crippen LogP contribution in [0.4, 0.5) is 0 Å². The lowest BCUT2D eigenvalue weighted by atomic mass is 9.95. The van der Waals surface area contributed by atoms with Crippen LogP contribution in [-0.4, -0.2) is 17.2 Å². The van der Waals surface area contributed by atoms with Gasteiger partial charge in [-0.15, -0.1) is 0 Å². The number of carbonyl (C=O) groups excluding carboxylic acids is 1. The van der Waals surface area contributed by atoms with E-state index in [1.807, 2.05) is 0 Å². The number of hydrogen-bond acceptors (Lipinski definition) is 3. The fraction of sp³-hybridized carbons (Fsp3) is 0.200. The maximum absolute atomic E-state index is 11.4. The number of hydrogen-bond donors (Lipinski definition) is 2. The molecule has 2 N–H and O–H groups in total. The van der Waals surface area contributed by atoms with Crippen molar-refractivity contribution in [1.82, 2.24) is 5.43 Å². The van der Waals surface area contributed by atoms with Gasteiger partial charge in [-0.1, -0.05) is 12.1 Å². The van der Waals surface area contributed by atoms with Crippen LogP contribution < -0.4 is 5.43 Å². The third-order valence-electron chi connectivity index (χ3n) is 2.22. The van der Waals surface area contributed by atoms with E-state index in [0.717, 1.165) is 5.56 Å². The molecule has 14 heavy (non-hydrogen) atoms. The van der Waals surface area contributed by atoms with Crippen molar-refractivity contribution < 1.29 is 9.90 Å². The molecular weight excluding hydrogens is 180 g/mol. The number of carbonyl (C=O) groups is 1. The molecule has 0 radical (unpaired) electrons. The molecule has 1 amide bonds. The zero-order valence-electron chi connectivity index (χ0n) is 7.47. The highest BCUT2D eigenvalue weighted by Crippen LogP contribution is 2.22. The lowest BCUT2D eigenvalue weighted by Gasteiger charge is -2.16. The minimum atomic E-state index is -0.187. The van der Waals surface area contributed by atoms with E-state index >= 15 is 0 Å². The average molecular weight is 190 g/mol. The summed E-state index contributed by atoms with van der Waals surface area (Å²) in [6.07, 6.45) is 2.29. The van der Waals surface area contributed by atoms with Gasteiger partial charge in [0.1, 0.15) is 5.75 Å². The van der Waals surface area contributed by atoms with Gasteiger partial charge in [-0.05, 0) is 17.7 Å². The van der Waals surface area contributed by atoms with E-state index in [1.54, 1.807) is 30.5 Å². The van der Waals surface area contributed by atoms with Gasteiger partial charge >= 0.3 is 0 Å². The number of nitrogens with one attached hydrogen (secondary N) is 1. The Labute approximate surface area is 81.3 Å². The third kappa shape index (κ3) is 1.59. The number of aromatic hydroxyl groups is 1. The second kappa shape index (κ2) is 3.49. The molecule has 1 atom stereocenters. The average Bonchev–Trinajstić information content (AvgIpc) is 2.20. The zero-order valence-corrected chi connectivity index (χ0v) is 7.47. The number of rotatable bonds is 1. The van der Waals surface area contributed by atoms with Crippen LogP contribution in [-0.2, 0) is 4.79 Å². The lowest BCUT2D eigenvalue weighted by molar-refractivity contribution is -0.122. The highest BCUT2D eigenvalue weighted by atomic mass is 16.3. The number of hydrazone groups is 1. The Kier molecular flexibility index (Phi) is 2.18. The molecule has 72 valence electrons. The van der Waals surface area contributed by atoms with Gasteiger partial charge in [0, 0.05) is 12.6 Å². The summed E-state index contributed by atoms with van der Waals surface area (Å²) in [5, 5.41) is 12.8. The predicted molar refractivity (Wildman–Crippen MR) is 52.1 cm³/mol. The highest BCUT2D eigenvalue weighted by Gasteiger charge is 2.21. The summed E-state index contributed by atoms with van der Waals surface area (Å²) >= 11 is 0. The fourth-order valence-corrected chi connectivity index (χ4v) is 1.45. The van der Waals surface area contributed by atoms with E-state index < -0.39 is 0 Å². The molecule has 4 nitrogen and oxygen atoms in total. The van der Waals surface area contributed by atoms with E-state index in [4.69, 9.17) is 5.11 Å². The van der Waals surface area contributed by atoms with Crippen molar-refractivity contribution in [1.29, 1.82) is 0 Å². The summed E-state index contributed by atoms with van der Waals surface area (Å²) in [5.74, 6) is -0.0788. The Balaban J connectivity index is 2.26. The molecular formula is C10H10N2O2. The SMILES string of the molecule is O=C1NN=CCC1c1ccc(O)cc1. The van der Waals surface area contributed by atoms with Gasteiger partial charge in [0.25, 0.3) is 0 Å². The monoisotopic (exact) mass is 190 g/mol. The first-order chi connectivity index (χ1) is 6.77. The van der Waals surface area contributed by atoms with E-state index in [9.17, 15) is 4.79 Å². The lowest BCUT2D eigenvalue weighted by Crippen LogP contribution is -2.29. The van der Waals surface area contributed by atoms with E-state index in [-0.39, 0.29) is 17.6 Å². The number of phenolic OH excluding ortho intramolecular Hbond substituents is 1. The number of benzene rings is 1. The molecule has 2 rings (SSSR count). The van der Waals surface area contributed by atoms with E-state index in [0.29, 0.717) is 6.42 Å². The third-order valence-corrected chi connectivity index (χ3v) is 2.22. The molecule has 4 heteroatoms. The second-order valence-corrected chi connectivity index (χ2v) is 3.17. The molecule has 0 bridgehead atoms. The fourth-order valence-electron chi connectivity index (χ4n) is 1.45. The molecule has 1 aromatic carbocycles. The van der Waals surface area contributed by atoms with Crippen molar-refractivity contribution in [3.05, 3.63) is 29.8 Å². The largest absolute Gasteiger partial charge is 0.508 e. The number of nitrogens with zero attached hydrogens (tertiary/aromatic N) is 1. The Morgan fingerprint density at radius 3 is 2.71 bits per heavy atom. The van der Waals surface area contributed by atoms with Crippen molar-refractivity contribution in [3.8, 4) is 5.75 Å². The van der Waals surface area contributed by atoms with Crippen molar-refractivity contribution in [3.63, 3.8) is 0 Å². The summed E-state index contributed by atoms with van der Waals surface area (Å²) < 4.78 is 0. The zero-order chi connectivity index (χ0) is 9.97. The molecule has 1 aliphatic heterocycles. The van der Waals surface area contributed by atoms with Crippen molar-refractivity contribution in [2.45, 2.75) is 12.3 Å². The first-order valence-electron chi connectivity index (χ1n) is 4.37. The summed E-state index contributed by atoms with van der Waals surface area (Å²) in [6, 6.07) is 6.65. The van der Waals surface area contributed by atoms with Crippen LogP contribution in [0.25, 0.3) is 0 Å². The first kappa shape index (κ1) is 8.74. The van der Waals surface area contributed by atoms with Crippen LogP contribution in [0.2, 0.25) is 0 Å². The second-order valence-electron chi connectivity index (χ2n) is 3.17. The maximum atomic E-state index is 11.4. The van der Waals surface area contributed by atoms with Gasteiger partial charge in [-0.25, -0.2) is 5.43 Å². The van der Waals surface area contributed by atoms with Crippen LogP contribution in [0, 0.1) is 0 Å². The summed E-state index contributed by atoms with van der Waals surface area (Å²) in [7, 11) is 0. The van der Waals surface area contributed by atoms with Crippen molar-refractivity contribution in [2.24, 2.45) is 5.10 Å². The first-order valence-corrected chi connectivity index (χ1v) is 4.37. The molecule has 0 spiro atoms. The van der Waals surface area contributed by atoms with Crippen LogP contribution in [0.1, 0.15) is 17.9 Å². The maximum Gasteiger partial charge on any atom is 0.247 e. The Hall–Kier alpha value is -1.84. The molecule has 1 heterocycles. The molecule has 0 aliphatic carbocycles. The smallest absolute Gasteiger partial charge is 0.247 e. The molecule has 1 aromatic rings. The molecule has 1 aliphatic rings. The number of amides is 1. The van der Waals surface area contributed by atoms with Gasteiger partial charge in [-0.2, -0.15) is 5.10 Å². The van der Waals surface area contributed by atoms with Crippen LogP contribution in [0.3, 0.4) is 0 Å². The standard InChI is InChI=1S/C10H10N2O2/c13-8-3-1-7(2-4-8)9-5-6-11-12-10(9)14/h1-4,6,9,13H,5H2,(H,12,14). The van der Waals surface area contributed by atoms with Crippen LogP contribution in [0.15, 0.2) is 29.4 Å². The van der Waals surface area contributed by atoms with Gasteiger partial charge in [0.05, 0.1) is 5.92 Å². The van der Waals surface area contributed by atoms with E-state index in [1.165, 1.54) is 0 Å². The van der Waals surface area contributed by atoms with Crippen LogP contribution in [0.5, 0.6) is 5.75 Å². The topological polar surface area (TPSA) is 61.7 Å². The van der Waals surface area contributed by atoms with Crippen molar-refractivity contribution >= 4 is 12.1 Å². The highest BCUT2D eigenvalue weighted by molar-refractivity contribution is 5.89. The molecule has 0 aromatic heterocycles. The van der Waals surface area contributed by atoms with Gasteiger partial charge in [0.2, 0.25) is 5.91 Å². The van der Waals surface area contributed by atoms with Gasteiger partial charge in [0.15, 0.2) is 0 Å². The Morgan fingerprint density at radius 1 is 1.36 bits per heavy atom. The summed E-state index contributed by atoms with van der Waals surface area (Å²) in [6.45, 7) is 0. The molecule has 0 fully saturated rings. The van der Waals surface area contributed by atoms with Gasteiger partial charge < -0.3 is 5.11 Å². The van der Waals surface area contributed by atoms with E-state index in [2.05, 4.69) is 10.5 Å². The van der Waals surface area contributed by atoms with Crippen LogP contribution >= 0.6 is 0 Å². The minimum Gasteiger partial charge on any atom is -0.508 e. The van der Waals surface area contributed by atoms with Gasteiger partial charge in [-0.3, -0.25) is 4.79 Å². The summed E-state index contributed by atoms with van der Waals surface area (Å²) in [5.41, 5.74) is 3.31. The number of phenols is 1. The normalized spacial score (nSPS) is 20.6. The molecule has 0 saturated heterocycles. The molecule has 1 unspecified atom stereocenters. The summed E-state index contributed by atoms with van der Waals surface area (Å²) in [4.78, 5) is 11.4. The Bertz CT molecular complexity index is 370. The quantitative estimate of drug-likeness (QED) is 0.693. The minimum absolute atomic E-state index is 0.0989. The van der Waals surface area contributed by atoms with Crippen molar-refractivity contribution in [2.75, 3.05) is 0 Å². The Morgan fingerprint density at radius 2 is 2.07 bits per heavy atom.